The van der Waals surface area contributed by atoms with E-state index in [4.69, 9.17) is 9.47 Å². The minimum atomic E-state index is -4.18. The lowest BCUT2D eigenvalue weighted by Crippen LogP contribution is -2.48. The molecule has 0 saturated carbocycles. The van der Waals surface area contributed by atoms with Gasteiger partial charge in [-0.1, -0.05) is 37.3 Å². The Labute approximate surface area is 282 Å². The molecule has 1 aliphatic heterocycles. The van der Waals surface area contributed by atoms with Crippen molar-refractivity contribution in [3.05, 3.63) is 84.2 Å². The molecule has 3 N–H and O–H groups in total. The maximum atomic E-state index is 14.5. The van der Waals surface area contributed by atoms with E-state index < -0.39 is 50.7 Å². The number of aliphatic hydroxyl groups excluding tert-OH is 1. The monoisotopic (exact) mass is 684 g/mol. The van der Waals surface area contributed by atoms with Gasteiger partial charge in [0.1, 0.15) is 16.5 Å². The molecule has 260 valence electrons. The molecule has 4 atom stereocenters. The van der Waals surface area contributed by atoms with Crippen LogP contribution in [0.25, 0.3) is 0 Å². The molecule has 13 heteroatoms. The molecule has 3 aromatic rings. The molecule has 1 heterocycles. The van der Waals surface area contributed by atoms with Crippen LogP contribution in [0.4, 0.5) is 20.6 Å². The van der Waals surface area contributed by atoms with E-state index in [1.165, 1.54) is 30.1 Å². The van der Waals surface area contributed by atoms with Crippen molar-refractivity contribution in [3.63, 3.8) is 0 Å². The van der Waals surface area contributed by atoms with Gasteiger partial charge in [0, 0.05) is 44.0 Å². The summed E-state index contributed by atoms with van der Waals surface area (Å²) in [5.74, 6) is -1.37. The minimum Gasteiger partial charge on any atom is -0.490 e. The van der Waals surface area contributed by atoms with E-state index in [0.717, 1.165) is 16.8 Å². The lowest BCUT2D eigenvalue weighted by Gasteiger charge is -2.35. The van der Waals surface area contributed by atoms with E-state index in [0.29, 0.717) is 36.6 Å². The highest BCUT2D eigenvalue weighted by Crippen LogP contribution is 2.29. The van der Waals surface area contributed by atoms with Crippen molar-refractivity contribution in [1.29, 1.82) is 0 Å². The zero-order valence-electron chi connectivity index (χ0n) is 27.8. The number of aliphatic hydroxyl groups is 1. The number of amides is 3. The number of hydrogen-bond donors (Lipinski definition) is 3. The first-order valence-corrected chi connectivity index (χ1v) is 17.5. The van der Waals surface area contributed by atoms with E-state index in [1.54, 1.807) is 49.4 Å². The van der Waals surface area contributed by atoms with Crippen LogP contribution >= 0.6 is 0 Å². The normalized spacial score (nSPS) is 20.3. The van der Waals surface area contributed by atoms with Gasteiger partial charge in [-0.05, 0) is 75.6 Å². The van der Waals surface area contributed by atoms with Gasteiger partial charge in [-0.2, -0.15) is 4.31 Å². The second-order valence-corrected chi connectivity index (χ2v) is 14.2. The molecule has 0 radical (unpaired) electrons. The number of carbonyl (C=O) groups excluding carboxylic acids is 2. The summed E-state index contributed by atoms with van der Waals surface area (Å²) < 4.78 is 54.7. The van der Waals surface area contributed by atoms with Crippen LogP contribution in [-0.4, -0.2) is 86.3 Å². The number of halogens is 1. The summed E-state index contributed by atoms with van der Waals surface area (Å²) in [7, 11) is -2.80. The average molecular weight is 685 g/mol. The average Bonchev–Trinajstić information content (AvgIpc) is 3.06. The smallest absolute Gasteiger partial charge is 0.323 e. The number of benzene rings is 3. The third-order valence-electron chi connectivity index (χ3n) is 8.30. The Morgan fingerprint density at radius 1 is 1.04 bits per heavy atom. The van der Waals surface area contributed by atoms with Gasteiger partial charge in [0.2, 0.25) is 10.0 Å². The van der Waals surface area contributed by atoms with Crippen LogP contribution < -0.4 is 15.4 Å². The Bertz CT molecular complexity index is 1640. The number of ether oxygens (including phenoxy) is 2. The Morgan fingerprint density at radius 3 is 2.44 bits per heavy atom. The van der Waals surface area contributed by atoms with E-state index in [-0.39, 0.29) is 31.4 Å². The molecule has 3 amide bonds. The SMILES string of the molecule is C[C@@H]1CN([C@@H](C)CO)C(=O)c2cc(NC(=O)Nc3ccccc3)ccc2O[C@@H](C)CCCCO[C@H]1CN(C)S(=O)(=O)c1ccccc1F. The quantitative estimate of drug-likeness (QED) is 0.282. The summed E-state index contributed by atoms with van der Waals surface area (Å²) in [4.78, 5) is 28.1. The highest BCUT2D eigenvalue weighted by Gasteiger charge is 2.33. The largest absolute Gasteiger partial charge is 0.490 e. The van der Waals surface area contributed by atoms with Crippen LogP contribution in [0.1, 0.15) is 50.4 Å². The summed E-state index contributed by atoms with van der Waals surface area (Å²) in [6.45, 7) is 5.47. The number of likely N-dealkylation sites (N-methyl/N-ethyl adjacent to an activating group) is 1. The summed E-state index contributed by atoms with van der Waals surface area (Å²) in [6, 6.07) is 17.9. The number of nitrogens with one attached hydrogen (secondary N) is 2. The summed E-state index contributed by atoms with van der Waals surface area (Å²) in [5.41, 5.74) is 1.15. The van der Waals surface area contributed by atoms with Gasteiger partial charge < -0.3 is 30.1 Å². The maximum absolute atomic E-state index is 14.5. The third kappa shape index (κ3) is 9.53. The molecular weight excluding hydrogens is 639 g/mol. The van der Waals surface area contributed by atoms with Gasteiger partial charge in [-0.15, -0.1) is 0 Å². The number of fused-ring (bicyclic) bond motifs is 1. The molecule has 0 aromatic heterocycles. The molecule has 0 spiro atoms. The predicted octanol–water partition coefficient (Wildman–Crippen LogP) is 5.59. The molecule has 0 saturated heterocycles. The number of rotatable bonds is 8. The van der Waals surface area contributed by atoms with Crippen molar-refractivity contribution in [3.8, 4) is 5.75 Å². The number of hydrogen-bond acceptors (Lipinski definition) is 7. The predicted molar refractivity (Wildman–Crippen MR) is 182 cm³/mol. The van der Waals surface area contributed by atoms with E-state index in [2.05, 4.69) is 10.6 Å². The van der Waals surface area contributed by atoms with E-state index in [1.807, 2.05) is 19.9 Å². The van der Waals surface area contributed by atoms with Crippen LogP contribution in [0.3, 0.4) is 0 Å². The van der Waals surface area contributed by atoms with E-state index >= 15 is 0 Å². The van der Waals surface area contributed by atoms with Gasteiger partial charge >= 0.3 is 6.03 Å². The maximum Gasteiger partial charge on any atom is 0.323 e. The first-order chi connectivity index (χ1) is 22.9. The van der Waals surface area contributed by atoms with Crippen LogP contribution in [0, 0.1) is 11.7 Å². The molecule has 0 bridgehead atoms. The number of carbonyl (C=O) groups is 2. The van der Waals surface area contributed by atoms with Crippen molar-refractivity contribution >= 4 is 33.3 Å². The fraction of sp³-hybridized carbons (Fsp3) is 0.429. The molecule has 48 heavy (non-hydrogen) atoms. The molecular formula is C35H45FN4O7S. The van der Waals surface area contributed by atoms with Crippen LogP contribution in [0.2, 0.25) is 0 Å². The minimum absolute atomic E-state index is 0.0892. The summed E-state index contributed by atoms with van der Waals surface area (Å²) >= 11 is 0. The first kappa shape index (κ1) is 36.8. The van der Waals surface area contributed by atoms with Gasteiger partial charge in [0.25, 0.3) is 5.91 Å². The fourth-order valence-electron chi connectivity index (χ4n) is 5.45. The summed E-state index contributed by atoms with van der Waals surface area (Å²) in [5, 5.41) is 15.7. The van der Waals surface area contributed by atoms with Gasteiger partial charge in [-0.25, -0.2) is 17.6 Å². The number of para-hydroxylation sites is 1. The Kier molecular flexibility index (Phi) is 12.9. The first-order valence-electron chi connectivity index (χ1n) is 16.1. The topological polar surface area (TPSA) is 138 Å². The zero-order chi connectivity index (χ0) is 34.8. The van der Waals surface area contributed by atoms with E-state index in [9.17, 15) is 27.5 Å². The highest BCUT2D eigenvalue weighted by atomic mass is 32.2. The Balaban J connectivity index is 1.63. The fourth-order valence-corrected chi connectivity index (χ4v) is 6.70. The van der Waals surface area contributed by atoms with Crippen molar-refractivity contribution in [2.75, 3.05) is 44.0 Å². The molecule has 0 fully saturated rings. The standard InChI is InChI=1S/C35H45FN4O7S/c1-24-21-40(25(2)23-41)34(42)29-20-28(38-35(43)37-27-13-6-5-7-14-27)17-18-31(29)47-26(3)12-10-11-19-46-32(24)22-39(4)48(44,45)33-16-9-8-15-30(33)36/h5-9,13-18,20,24-26,32,41H,10-12,19,21-23H2,1-4H3,(H2,37,38,43)/t24-,25+,26+,32+/m1/s1. The lowest BCUT2D eigenvalue weighted by atomic mass is 10.0. The van der Waals surface area contributed by atoms with Crippen molar-refractivity contribution < 1.29 is 37.0 Å². The van der Waals surface area contributed by atoms with Crippen LogP contribution in [-0.2, 0) is 14.8 Å². The Hall–Kier alpha value is -4.04. The number of sulfonamides is 1. The molecule has 0 unspecified atom stereocenters. The molecule has 0 aliphatic carbocycles. The Morgan fingerprint density at radius 2 is 1.73 bits per heavy atom. The summed E-state index contributed by atoms with van der Waals surface area (Å²) in [6.07, 6.45) is 1.18. The lowest BCUT2D eigenvalue weighted by molar-refractivity contribution is -0.00835. The van der Waals surface area contributed by atoms with Gasteiger partial charge in [-0.3, -0.25) is 4.79 Å². The van der Waals surface area contributed by atoms with Crippen LogP contribution in [0.15, 0.2) is 77.7 Å². The molecule has 4 rings (SSSR count). The van der Waals surface area contributed by atoms with Gasteiger partial charge in [0.05, 0.1) is 30.4 Å². The third-order valence-corrected chi connectivity index (χ3v) is 10.2. The van der Waals surface area contributed by atoms with Gasteiger partial charge in [0.15, 0.2) is 0 Å². The van der Waals surface area contributed by atoms with Crippen molar-refractivity contribution in [2.24, 2.45) is 5.92 Å². The van der Waals surface area contributed by atoms with Crippen molar-refractivity contribution in [2.45, 2.75) is 63.2 Å². The highest BCUT2D eigenvalue weighted by molar-refractivity contribution is 7.89. The van der Waals surface area contributed by atoms with Crippen molar-refractivity contribution in [1.82, 2.24) is 9.21 Å². The molecule has 11 nitrogen and oxygen atoms in total. The molecule has 3 aromatic carbocycles. The second-order valence-electron chi connectivity index (χ2n) is 12.2. The number of nitrogens with zero attached hydrogens (tertiary/aromatic N) is 2. The van der Waals surface area contributed by atoms with Crippen LogP contribution in [0.5, 0.6) is 5.75 Å². The second kappa shape index (κ2) is 16.9. The number of anilines is 2. The number of urea groups is 1. The zero-order valence-corrected chi connectivity index (χ0v) is 28.6. The molecule has 1 aliphatic rings.